The normalized spacial score (nSPS) is 18.4. The molecule has 186 valence electrons. The van der Waals surface area contributed by atoms with Crippen LogP contribution in [0.4, 0.5) is 10.5 Å². The number of hydrogen-bond acceptors (Lipinski definition) is 5. The van der Waals surface area contributed by atoms with Crippen LogP contribution in [0.5, 0.6) is 0 Å². The second-order valence-electron chi connectivity index (χ2n) is 9.37. The maximum absolute atomic E-state index is 13.3. The van der Waals surface area contributed by atoms with E-state index in [4.69, 9.17) is 0 Å². The van der Waals surface area contributed by atoms with Crippen LogP contribution in [-0.4, -0.2) is 40.9 Å². The number of nitrogens with one attached hydrogen (secondary N) is 2. The summed E-state index contributed by atoms with van der Waals surface area (Å²) in [5.74, 6) is -1.91. The number of imide groups is 1. The highest BCUT2D eigenvalue weighted by molar-refractivity contribution is 6.30. The average molecular weight is 496 g/mol. The number of fused-ring (bicyclic) bond motifs is 2. The molecule has 3 aromatic carbocycles. The molecule has 0 bridgehead atoms. The van der Waals surface area contributed by atoms with Crippen LogP contribution in [0.1, 0.15) is 63.2 Å². The lowest BCUT2D eigenvalue weighted by Gasteiger charge is -2.23. The fraction of sp³-hybridized carbons (Fsp3) is 0.207. The van der Waals surface area contributed by atoms with Crippen LogP contribution in [0.15, 0.2) is 66.7 Å². The molecule has 1 heterocycles. The Bertz CT molecular complexity index is 1480. The molecular weight excluding hydrogens is 470 g/mol. The highest BCUT2D eigenvalue weighted by Crippen LogP contribution is 2.32. The molecule has 5 rings (SSSR count). The van der Waals surface area contributed by atoms with Crippen molar-refractivity contribution in [2.75, 3.05) is 11.9 Å². The lowest BCUT2D eigenvalue weighted by Crippen LogP contribution is -2.42. The van der Waals surface area contributed by atoms with Crippen LogP contribution in [-0.2, 0) is 21.5 Å². The molecule has 0 aromatic heterocycles. The van der Waals surface area contributed by atoms with Gasteiger partial charge in [0.15, 0.2) is 11.6 Å². The summed E-state index contributed by atoms with van der Waals surface area (Å²) in [6.07, 6.45) is 1.90. The molecule has 1 unspecified atom stereocenters. The van der Waals surface area contributed by atoms with Crippen molar-refractivity contribution in [3.63, 3.8) is 0 Å². The van der Waals surface area contributed by atoms with Crippen LogP contribution < -0.4 is 10.6 Å². The second kappa shape index (κ2) is 9.13. The molecule has 8 heteroatoms. The van der Waals surface area contributed by atoms with E-state index < -0.39 is 29.9 Å². The number of nitrogens with zero attached hydrogens (tertiary/aromatic N) is 1. The zero-order chi connectivity index (χ0) is 26.3. The second-order valence-corrected chi connectivity index (χ2v) is 9.37. The number of rotatable bonds is 6. The van der Waals surface area contributed by atoms with Crippen molar-refractivity contribution < 1.29 is 24.0 Å². The molecule has 1 fully saturated rings. The van der Waals surface area contributed by atoms with Gasteiger partial charge in [-0.05, 0) is 30.5 Å². The van der Waals surface area contributed by atoms with Gasteiger partial charge < -0.3 is 10.6 Å². The van der Waals surface area contributed by atoms with Gasteiger partial charge in [0.1, 0.15) is 12.1 Å². The Balaban J connectivity index is 1.36. The number of urea groups is 1. The van der Waals surface area contributed by atoms with Crippen molar-refractivity contribution in [1.29, 1.82) is 0 Å². The largest absolute Gasteiger partial charge is 0.325 e. The van der Waals surface area contributed by atoms with Crippen molar-refractivity contribution in [3.05, 3.63) is 100 Å². The van der Waals surface area contributed by atoms with Gasteiger partial charge in [-0.3, -0.25) is 24.1 Å². The number of carbonyl (C=O) groups excluding carboxylic acids is 5. The third-order valence-electron chi connectivity index (χ3n) is 6.87. The van der Waals surface area contributed by atoms with Crippen molar-refractivity contribution >= 4 is 35.1 Å². The van der Waals surface area contributed by atoms with E-state index >= 15 is 0 Å². The van der Waals surface area contributed by atoms with Gasteiger partial charge in [0.05, 0.1) is 11.3 Å². The smallest absolute Gasteiger partial charge is 0.324 e. The van der Waals surface area contributed by atoms with Crippen LogP contribution in [0.2, 0.25) is 0 Å². The maximum Gasteiger partial charge on any atom is 0.325 e. The van der Waals surface area contributed by atoms with E-state index in [0.717, 1.165) is 23.3 Å². The molecule has 0 radical (unpaired) electrons. The molecule has 1 aliphatic heterocycles. The molecule has 3 aromatic rings. The SMILES string of the molecule is CCCc1ccc(C2(C)NC(=O)N(CC(=O)Nc3cccc4c3C(=O)c3ccccc3C4=O)C2=O)cc1. The monoisotopic (exact) mass is 495 g/mol. The summed E-state index contributed by atoms with van der Waals surface area (Å²) in [7, 11) is 0. The summed E-state index contributed by atoms with van der Waals surface area (Å²) < 4.78 is 0. The Morgan fingerprint density at radius 1 is 0.865 bits per heavy atom. The highest BCUT2D eigenvalue weighted by Gasteiger charge is 2.49. The minimum atomic E-state index is -1.31. The van der Waals surface area contributed by atoms with Gasteiger partial charge in [0.2, 0.25) is 5.91 Å². The summed E-state index contributed by atoms with van der Waals surface area (Å²) in [5.41, 5.74) is 1.45. The zero-order valence-electron chi connectivity index (χ0n) is 20.5. The van der Waals surface area contributed by atoms with Crippen molar-refractivity contribution in [1.82, 2.24) is 10.2 Å². The number of amides is 4. The standard InChI is InChI=1S/C29H25N3O5/c1-3-7-17-12-14-18(15-13-17)29(2)27(36)32(28(37)31-29)16-23(33)30-22-11-6-10-21-24(22)26(35)20-9-5-4-8-19(20)25(21)34/h4-6,8-15H,3,7,16H2,1-2H3,(H,30,33)(H,31,37). The third-order valence-corrected chi connectivity index (χ3v) is 6.87. The quantitative estimate of drug-likeness (QED) is 0.395. The van der Waals surface area contributed by atoms with E-state index in [1.165, 1.54) is 12.1 Å². The Morgan fingerprint density at radius 2 is 1.51 bits per heavy atom. The first-order valence-corrected chi connectivity index (χ1v) is 12.1. The fourth-order valence-corrected chi connectivity index (χ4v) is 4.91. The first-order chi connectivity index (χ1) is 17.7. The molecule has 0 spiro atoms. The van der Waals surface area contributed by atoms with E-state index in [0.29, 0.717) is 11.1 Å². The van der Waals surface area contributed by atoms with Gasteiger partial charge in [0, 0.05) is 16.7 Å². The molecule has 1 aliphatic carbocycles. The van der Waals surface area contributed by atoms with Gasteiger partial charge in [-0.2, -0.15) is 0 Å². The molecule has 0 saturated carbocycles. The number of ketones is 2. The molecule has 8 nitrogen and oxygen atoms in total. The van der Waals surface area contributed by atoms with Crippen LogP contribution in [0, 0.1) is 0 Å². The predicted molar refractivity (Wildman–Crippen MR) is 136 cm³/mol. The summed E-state index contributed by atoms with van der Waals surface area (Å²) in [5, 5.41) is 5.32. The number of hydrogen-bond donors (Lipinski definition) is 2. The van der Waals surface area contributed by atoms with E-state index in [1.54, 1.807) is 37.3 Å². The fourth-order valence-electron chi connectivity index (χ4n) is 4.91. The summed E-state index contributed by atoms with van der Waals surface area (Å²) in [6, 6.07) is 17.9. The van der Waals surface area contributed by atoms with Gasteiger partial charge >= 0.3 is 6.03 Å². The lowest BCUT2D eigenvalue weighted by atomic mass is 9.83. The number of anilines is 1. The Hall–Kier alpha value is -4.59. The minimum Gasteiger partial charge on any atom is -0.324 e. The van der Waals surface area contributed by atoms with Gasteiger partial charge in [-0.1, -0.05) is 74.0 Å². The third kappa shape index (κ3) is 4.00. The Labute approximate surface area is 213 Å². The van der Waals surface area contributed by atoms with E-state index in [1.807, 2.05) is 24.3 Å². The topological polar surface area (TPSA) is 113 Å². The Kier molecular flexibility index (Phi) is 5.95. The van der Waals surface area contributed by atoms with Crippen LogP contribution >= 0.6 is 0 Å². The van der Waals surface area contributed by atoms with E-state index in [9.17, 15) is 24.0 Å². The summed E-state index contributed by atoms with van der Waals surface area (Å²) in [6.45, 7) is 3.14. The molecular formula is C29H25N3O5. The maximum atomic E-state index is 13.3. The highest BCUT2D eigenvalue weighted by atomic mass is 16.2. The van der Waals surface area contributed by atoms with E-state index in [-0.39, 0.29) is 33.9 Å². The van der Waals surface area contributed by atoms with Crippen molar-refractivity contribution in [2.24, 2.45) is 0 Å². The van der Waals surface area contributed by atoms with E-state index in [2.05, 4.69) is 17.6 Å². The van der Waals surface area contributed by atoms with Crippen LogP contribution in [0.3, 0.4) is 0 Å². The van der Waals surface area contributed by atoms with Crippen molar-refractivity contribution in [3.8, 4) is 0 Å². The molecule has 2 aliphatic rings. The van der Waals surface area contributed by atoms with Gasteiger partial charge in [-0.15, -0.1) is 0 Å². The molecule has 1 atom stereocenters. The van der Waals surface area contributed by atoms with Crippen LogP contribution in [0.25, 0.3) is 0 Å². The first-order valence-electron chi connectivity index (χ1n) is 12.1. The number of carbonyl (C=O) groups is 5. The number of aryl methyl sites for hydroxylation is 1. The van der Waals surface area contributed by atoms with Gasteiger partial charge in [0.25, 0.3) is 5.91 Å². The zero-order valence-corrected chi connectivity index (χ0v) is 20.5. The molecule has 1 saturated heterocycles. The first kappa shape index (κ1) is 24.1. The average Bonchev–Trinajstić information content (AvgIpc) is 3.11. The molecule has 4 amide bonds. The summed E-state index contributed by atoms with van der Waals surface area (Å²) >= 11 is 0. The van der Waals surface area contributed by atoms with Gasteiger partial charge in [-0.25, -0.2) is 4.79 Å². The summed E-state index contributed by atoms with van der Waals surface area (Å²) in [4.78, 5) is 65.9. The molecule has 2 N–H and O–H groups in total. The Morgan fingerprint density at radius 3 is 2.19 bits per heavy atom. The molecule has 37 heavy (non-hydrogen) atoms. The minimum absolute atomic E-state index is 0.0914. The van der Waals surface area contributed by atoms with Crippen molar-refractivity contribution in [2.45, 2.75) is 32.2 Å². The lowest BCUT2D eigenvalue weighted by molar-refractivity contribution is -0.133. The number of benzene rings is 3. The predicted octanol–water partition coefficient (Wildman–Crippen LogP) is 3.82.